The SMILES string of the molecule is Cc1ccc(C)c(NC(=O)c2ccc(S(=O)(=O)N3C[C@H](C)C[C@@H](C)C3)cc2)c1. The van der Waals surface area contributed by atoms with E-state index in [2.05, 4.69) is 19.2 Å². The van der Waals surface area contributed by atoms with E-state index in [4.69, 9.17) is 0 Å². The van der Waals surface area contributed by atoms with Crippen molar-refractivity contribution >= 4 is 21.6 Å². The Bertz CT molecular complexity index is 958. The molecule has 1 aliphatic heterocycles. The highest BCUT2D eigenvalue weighted by Gasteiger charge is 2.31. The molecule has 2 aromatic rings. The molecule has 1 saturated heterocycles. The standard InChI is InChI=1S/C22H28N2O3S/c1-15-5-6-18(4)21(12-15)23-22(25)19-7-9-20(10-8-19)28(26,27)24-13-16(2)11-17(3)14-24/h5-10,12,16-17H,11,13-14H2,1-4H3,(H,23,25)/t16-,17-/m1/s1. The van der Waals surface area contributed by atoms with E-state index >= 15 is 0 Å². The number of piperidine rings is 1. The molecule has 0 aliphatic carbocycles. The molecule has 1 fully saturated rings. The van der Waals surface area contributed by atoms with Crippen molar-refractivity contribution in [1.82, 2.24) is 4.31 Å². The van der Waals surface area contributed by atoms with Gasteiger partial charge in [-0.1, -0.05) is 26.0 Å². The molecule has 3 rings (SSSR count). The first-order valence-electron chi connectivity index (χ1n) is 9.65. The molecule has 0 bridgehead atoms. The van der Waals surface area contributed by atoms with E-state index in [1.165, 1.54) is 12.1 Å². The molecule has 1 amide bonds. The van der Waals surface area contributed by atoms with Crippen LogP contribution in [0.3, 0.4) is 0 Å². The molecule has 1 heterocycles. The van der Waals surface area contributed by atoms with Crippen LogP contribution in [0.4, 0.5) is 5.69 Å². The Balaban J connectivity index is 1.77. The van der Waals surface area contributed by atoms with Gasteiger partial charge in [0, 0.05) is 24.3 Å². The van der Waals surface area contributed by atoms with Crippen molar-refractivity contribution in [3.8, 4) is 0 Å². The monoisotopic (exact) mass is 400 g/mol. The van der Waals surface area contributed by atoms with Crippen LogP contribution in [-0.2, 0) is 10.0 Å². The number of carbonyl (C=O) groups is 1. The highest BCUT2D eigenvalue weighted by Crippen LogP contribution is 2.27. The Morgan fingerprint density at radius 1 is 1.00 bits per heavy atom. The fourth-order valence-electron chi connectivity index (χ4n) is 3.79. The number of aryl methyl sites for hydroxylation is 2. The number of rotatable bonds is 4. The number of benzene rings is 2. The summed E-state index contributed by atoms with van der Waals surface area (Å²) in [5.41, 5.74) is 3.23. The van der Waals surface area contributed by atoms with Gasteiger partial charge >= 0.3 is 0 Å². The highest BCUT2D eigenvalue weighted by atomic mass is 32.2. The summed E-state index contributed by atoms with van der Waals surface area (Å²) in [7, 11) is -3.54. The minimum absolute atomic E-state index is 0.233. The maximum Gasteiger partial charge on any atom is 0.255 e. The van der Waals surface area contributed by atoms with Gasteiger partial charge in [0.2, 0.25) is 10.0 Å². The van der Waals surface area contributed by atoms with Crippen molar-refractivity contribution in [2.75, 3.05) is 18.4 Å². The Morgan fingerprint density at radius 2 is 1.61 bits per heavy atom. The molecule has 6 heteroatoms. The lowest BCUT2D eigenvalue weighted by Crippen LogP contribution is -2.42. The van der Waals surface area contributed by atoms with Gasteiger partial charge < -0.3 is 5.32 Å². The fraction of sp³-hybridized carbons (Fsp3) is 0.409. The number of nitrogens with zero attached hydrogens (tertiary/aromatic N) is 1. The summed E-state index contributed by atoms with van der Waals surface area (Å²) in [4.78, 5) is 12.8. The zero-order valence-electron chi connectivity index (χ0n) is 16.9. The lowest BCUT2D eigenvalue weighted by molar-refractivity contribution is 0.102. The van der Waals surface area contributed by atoms with Crippen molar-refractivity contribution in [1.29, 1.82) is 0 Å². The molecule has 0 unspecified atom stereocenters. The average Bonchev–Trinajstić information content (AvgIpc) is 2.64. The molecule has 0 saturated carbocycles. The Morgan fingerprint density at radius 3 is 2.21 bits per heavy atom. The predicted octanol–water partition coefficient (Wildman–Crippen LogP) is 4.22. The van der Waals surface area contributed by atoms with Gasteiger partial charge in [-0.15, -0.1) is 0 Å². The first-order chi connectivity index (χ1) is 13.2. The largest absolute Gasteiger partial charge is 0.322 e. The molecule has 2 atom stereocenters. The Labute approximate surface area is 167 Å². The molecule has 2 aromatic carbocycles. The number of anilines is 1. The van der Waals surface area contributed by atoms with Crippen LogP contribution in [0, 0.1) is 25.7 Å². The second kappa shape index (κ2) is 8.05. The summed E-state index contributed by atoms with van der Waals surface area (Å²) >= 11 is 0. The fourth-order valence-corrected chi connectivity index (χ4v) is 5.47. The summed E-state index contributed by atoms with van der Waals surface area (Å²) in [6, 6.07) is 12.1. The third kappa shape index (κ3) is 4.45. The van der Waals surface area contributed by atoms with E-state index in [9.17, 15) is 13.2 Å². The normalized spacial score (nSPS) is 20.7. The van der Waals surface area contributed by atoms with Gasteiger partial charge in [0.25, 0.3) is 5.91 Å². The zero-order chi connectivity index (χ0) is 20.5. The molecule has 1 N–H and O–H groups in total. The van der Waals surface area contributed by atoms with Crippen LogP contribution in [0.15, 0.2) is 47.4 Å². The summed E-state index contributed by atoms with van der Waals surface area (Å²) < 4.78 is 27.5. The maximum absolute atomic E-state index is 13.0. The van der Waals surface area contributed by atoms with Gasteiger partial charge in [-0.05, 0) is 73.6 Å². The summed E-state index contributed by atoms with van der Waals surface area (Å²) in [6.07, 6.45) is 1.05. The van der Waals surface area contributed by atoms with E-state index in [1.54, 1.807) is 16.4 Å². The number of amides is 1. The van der Waals surface area contributed by atoms with Gasteiger partial charge in [0.15, 0.2) is 0 Å². The first kappa shape index (κ1) is 20.6. The van der Waals surface area contributed by atoms with Crippen molar-refractivity contribution in [2.24, 2.45) is 11.8 Å². The second-order valence-corrected chi connectivity index (χ2v) is 10.0. The quantitative estimate of drug-likeness (QED) is 0.835. The van der Waals surface area contributed by atoms with Crippen molar-refractivity contribution in [2.45, 2.75) is 39.0 Å². The highest BCUT2D eigenvalue weighted by molar-refractivity contribution is 7.89. The van der Waals surface area contributed by atoms with Gasteiger partial charge in [-0.2, -0.15) is 4.31 Å². The van der Waals surface area contributed by atoms with E-state index in [1.807, 2.05) is 32.0 Å². The molecule has 150 valence electrons. The summed E-state index contributed by atoms with van der Waals surface area (Å²) in [6.45, 7) is 9.16. The van der Waals surface area contributed by atoms with Crippen LogP contribution < -0.4 is 5.32 Å². The summed E-state index contributed by atoms with van der Waals surface area (Å²) in [5, 5.41) is 2.90. The van der Waals surface area contributed by atoms with Gasteiger partial charge in [0.1, 0.15) is 0 Å². The number of hydrogen-bond donors (Lipinski definition) is 1. The van der Waals surface area contributed by atoms with Gasteiger partial charge in [0.05, 0.1) is 4.90 Å². The molecule has 0 radical (unpaired) electrons. The zero-order valence-corrected chi connectivity index (χ0v) is 17.7. The molecule has 0 aromatic heterocycles. The van der Waals surface area contributed by atoms with E-state index < -0.39 is 10.0 Å². The maximum atomic E-state index is 13.0. The predicted molar refractivity (Wildman–Crippen MR) is 112 cm³/mol. The van der Waals surface area contributed by atoms with Crippen LogP contribution in [0.25, 0.3) is 0 Å². The van der Waals surface area contributed by atoms with E-state index in [0.717, 1.165) is 23.2 Å². The second-order valence-electron chi connectivity index (χ2n) is 8.06. The summed E-state index contributed by atoms with van der Waals surface area (Å²) in [5.74, 6) is 0.445. The van der Waals surface area contributed by atoms with Crippen molar-refractivity contribution in [3.63, 3.8) is 0 Å². The molecule has 28 heavy (non-hydrogen) atoms. The van der Waals surface area contributed by atoms with Crippen molar-refractivity contribution < 1.29 is 13.2 Å². The molecule has 1 aliphatic rings. The minimum Gasteiger partial charge on any atom is -0.322 e. The number of carbonyl (C=O) groups excluding carboxylic acids is 1. The van der Waals surface area contributed by atoms with Gasteiger partial charge in [-0.3, -0.25) is 4.79 Å². The van der Waals surface area contributed by atoms with Crippen LogP contribution in [0.5, 0.6) is 0 Å². The first-order valence-corrected chi connectivity index (χ1v) is 11.1. The Hall–Kier alpha value is -2.18. The molecular formula is C22H28N2O3S. The molecular weight excluding hydrogens is 372 g/mol. The third-order valence-electron chi connectivity index (χ3n) is 5.23. The molecule has 5 nitrogen and oxygen atoms in total. The van der Waals surface area contributed by atoms with Crippen LogP contribution >= 0.6 is 0 Å². The molecule has 0 spiro atoms. The van der Waals surface area contributed by atoms with E-state index in [0.29, 0.717) is 30.5 Å². The lowest BCUT2D eigenvalue weighted by atomic mass is 9.94. The van der Waals surface area contributed by atoms with Crippen LogP contribution in [0.2, 0.25) is 0 Å². The topological polar surface area (TPSA) is 66.5 Å². The van der Waals surface area contributed by atoms with Crippen LogP contribution in [-0.4, -0.2) is 31.7 Å². The van der Waals surface area contributed by atoms with Gasteiger partial charge in [-0.25, -0.2) is 8.42 Å². The number of hydrogen-bond acceptors (Lipinski definition) is 3. The van der Waals surface area contributed by atoms with Crippen molar-refractivity contribution in [3.05, 3.63) is 59.2 Å². The minimum atomic E-state index is -3.54. The average molecular weight is 401 g/mol. The van der Waals surface area contributed by atoms with Crippen LogP contribution in [0.1, 0.15) is 41.8 Å². The van der Waals surface area contributed by atoms with E-state index in [-0.39, 0.29) is 10.8 Å². The Kier molecular flexibility index (Phi) is 5.91. The third-order valence-corrected chi connectivity index (χ3v) is 7.08. The number of nitrogens with one attached hydrogen (secondary N) is 1. The smallest absolute Gasteiger partial charge is 0.255 e. The number of sulfonamides is 1. The lowest BCUT2D eigenvalue weighted by Gasteiger charge is -2.34.